The van der Waals surface area contributed by atoms with Gasteiger partial charge < -0.3 is 10.1 Å². The summed E-state index contributed by atoms with van der Waals surface area (Å²) in [6.07, 6.45) is 2.42. The van der Waals surface area contributed by atoms with E-state index >= 15 is 0 Å². The highest BCUT2D eigenvalue weighted by molar-refractivity contribution is 7.98. The lowest BCUT2D eigenvalue weighted by molar-refractivity contribution is 0.124. The van der Waals surface area contributed by atoms with E-state index in [4.69, 9.17) is 4.74 Å². The third kappa shape index (κ3) is 3.73. The van der Waals surface area contributed by atoms with E-state index in [-0.39, 0.29) is 0 Å². The predicted octanol–water partition coefficient (Wildman–Crippen LogP) is 3.61. The second-order valence-electron chi connectivity index (χ2n) is 4.57. The van der Waals surface area contributed by atoms with Crippen LogP contribution in [0.4, 0.5) is 0 Å². The summed E-state index contributed by atoms with van der Waals surface area (Å²) in [5.74, 6) is 2.48. The van der Waals surface area contributed by atoms with Gasteiger partial charge in [0.25, 0.3) is 0 Å². The lowest BCUT2D eigenvalue weighted by Gasteiger charge is -2.16. The van der Waals surface area contributed by atoms with E-state index in [0.717, 1.165) is 19.8 Å². The average molecular weight is 285 g/mol. The van der Waals surface area contributed by atoms with Gasteiger partial charge in [0.15, 0.2) is 0 Å². The molecule has 1 aliphatic rings. The van der Waals surface area contributed by atoms with Gasteiger partial charge in [-0.25, -0.2) is 0 Å². The molecule has 0 aliphatic carbocycles. The van der Waals surface area contributed by atoms with E-state index in [9.17, 15) is 0 Å². The van der Waals surface area contributed by atoms with Crippen LogP contribution in [0.15, 0.2) is 6.07 Å². The topological polar surface area (TPSA) is 21.3 Å². The highest BCUT2D eigenvalue weighted by Crippen LogP contribution is 2.34. The summed E-state index contributed by atoms with van der Waals surface area (Å²) in [5.41, 5.74) is 1.56. The Labute approximate surface area is 119 Å². The second kappa shape index (κ2) is 7.53. The van der Waals surface area contributed by atoms with E-state index in [0.29, 0.717) is 6.04 Å². The first-order valence-electron chi connectivity index (χ1n) is 6.85. The van der Waals surface area contributed by atoms with Crippen molar-refractivity contribution in [3.05, 3.63) is 21.4 Å². The smallest absolute Gasteiger partial charge is 0.0669 e. The van der Waals surface area contributed by atoms with Crippen molar-refractivity contribution in [2.75, 3.05) is 25.5 Å². The number of thiophene rings is 1. The van der Waals surface area contributed by atoms with Crippen molar-refractivity contribution in [2.24, 2.45) is 0 Å². The number of ether oxygens (including phenoxy) is 1. The van der Waals surface area contributed by atoms with E-state index < -0.39 is 0 Å². The molecule has 0 saturated carbocycles. The zero-order valence-electron chi connectivity index (χ0n) is 11.3. The summed E-state index contributed by atoms with van der Waals surface area (Å²) < 4.78 is 5.62. The zero-order chi connectivity index (χ0) is 12.8. The minimum Gasteiger partial charge on any atom is -0.380 e. The number of hydrogen-bond acceptors (Lipinski definition) is 4. The van der Waals surface area contributed by atoms with Crippen LogP contribution in [-0.4, -0.2) is 25.5 Å². The Kier molecular flexibility index (Phi) is 6.02. The fourth-order valence-electron chi connectivity index (χ4n) is 2.14. The molecular formula is C14H23NOS2. The molecule has 0 fully saturated rings. The van der Waals surface area contributed by atoms with Gasteiger partial charge >= 0.3 is 0 Å². The normalized spacial score (nSPS) is 16.6. The monoisotopic (exact) mass is 285 g/mol. The van der Waals surface area contributed by atoms with Crippen LogP contribution in [0.5, 0.6) is 0 Å². The maximum atomic E-state index is 5.62. The Hall–Kier alpha value is -0.0300. The molecule has 1 atom stereocenters. The molecule has 18 heavy (non-hydrogen) atoms. The van der Waals surface area contributed by atoms with Crippen LogP contribution >= 0.6 is 23.1 Å². The molecular weight excluding hydrogens is 262 g/mol. The molecule has 1 aliphatic heterocycles. The van der Waals surface area contributed by atoms with Crippen LogP contribution in [-0.2, 0) is 16.9 Å². The van der Waals surface area contributed by atoms with E-state index in [1.54, 1.807) is 10.4 Å². The Bertz CT molecular complexity index is 333. The molecule has 1 unspecified atom stereocenters. The highest BCUT2D eigenvalue weighted by atomic mass is 32.2. The van der Waals surface area contributed by atoms with Crippen molar-refractivity contribution in [2.45, 2.75) is 38.5 Å². The summed E-state index contributed by atoms with van der Waals surface area (Å²) >= 11 is 4.04. The van der Waals surface area contributed by atoms with Crippen LogP contribution in [0.2, 0.25) is 0 Å². The molecule has 1 aromatic heterocycles. The summed E-state index contributed by atoms with van der Waals surface area (Å²) in [6, 6.07) is 2.78. The zero-order valence-corrected chi connectivity index (χ0v) is 13.0. The van der Waals surface area contributed by atoms with Gasteiger partial charge in [-0.3, -0.25) is 0 Å². The number of hydrogen-bond donors (Lipinski definition) is 1. The average Bonchev–Trinajstić information content (AvgIpc) is 2.82. The Morgan fingerprint density at radius 1 is 1.44 bits per heavy atom. The fourth-order valence-corrected chi connectivity index (χ4v) is 4.57. The molecule has 1 aromatic rings. The van der Waals surface area contributed by atoms with Crippen molar-refractivity contribution >= 4 is 23.1 Å². The minimum atomic E-state index is 0.380. The molecule has 0 bridgehead atoms. The maximum Gasteiger partial charge on any atom is 0.0669 e. The standard InChI is InChI=1S/C14H23NOS2/c1-3-6-15-12(9-16-4-2)14-8-11-10-17-7-5-13(11)18-14/h8,12,15H,3-7,9-10H2,1-2H3. The minimum absolute atomic E-state index is 0.380. The largest absolute Gasteiger partial charge is 0.380 e. The van der Waals surface area contributed by atoms with Gasteiger partial charge in [0, 0.05) is 22.1 Å². The van der Waals surface area contributed by atoms with Crippen LogP contribution in [0.3, 0.4) is 0 Å². The summed E-state index contributed by atoms with van der Waals surface area (Å²) in [7, 11) is 0. The van der Waals surface area contributed by atoms with Crippen LogP contribution < -0.4 is 5.32 Å². The molecule has 2 rings (SSSR count). The molecule has 0 spiro atoms. The molecule has 0 radical (unpaired) electrons. The number of aryl methyl sites for hydroxylation is 1. The van der Waals surface area contributed by atoms with Gasteiger partial charge in [0.2, 0.25) is 0 Å². The summed E-state index contributed by atoms with van der Waals surface area (Å²) in [5, 5.41) is 3.61. The lowest BCUT2D eigenvalue weighted by Crippen LogP contribution is -2.25. The molecule has 102 valence electrons. The molecule has 2 nitrogen and oxygen atoms in total. The fraction of sp³-hybridized carbons (Fsp3) is 0.714. The lowest BCUT2D eigenvalue weighted by atomic mass is 10.2. The quantitative estimate of drug-likeness (QED) is 0.827. The first kappa shape index (κ1) is 14.4. The molecule has 2 heterocycles. The Morgan fingerprint density at radius 2 is 2.33 bits per heavy atom. The van der Waals surface area contributed by atoms with Gasteiger partial charge in [-0.1, -0.05) is 6.92 Å². The van der Waals surface area contributed by atoms with Crippen molar-refractivity contribution < 1.29 is 4.74 Å². The van der Waals surface area contributed by atoms with Gasteiger partial charge in [-0.15, -0.1) is 11.3 Å². The van der Waals surface area contributed by atoms with E-state index in [1.165, 1.54) is 29.2 Å². The molecule has 4 heteroatoms. The molecule has 0 saturated heterocycles. The van der Waals surface area contributed by atoms with Crippen molar-refractivity contribution in [1.82, 2.24) is 5.32 Å². The van der Waals surface area contributed by atoms with Crippen molar-refractivity contribution in [3.63, 3.8) is 0 Å². The van der Waals surface area contributed by atoms with Crippen LogP contribution in [0.25, 0.3) is 0 Å². The number of nitrogens with one attached hydrogen (secondary N) is 1. The summed E-state index contributed by atoms with van der Waals surface area (Å²) in [6.45, 7) is 6.93. The maximum absolute atomic E-state index is 5.62. The van der Waals surface area contributed by atoms with Gasteiger partial charge in [0.05, 0.1) is 12.6 Å². The Morgan fingerprint density at radius 3 is 3.06 bits per heavy atom. The third-order valence-electron chi connectivity index (χ3n) is 3.12. The second-order valence-corrected chi connectivity index (χ2v) is 6.84. The van der Waals surface area contributed by atoms with E-state index in [2.05, 4.69) is 37.0 Å². The van der Waals surface area contributed by atoms with Crippen molar-refractivity contribution in [1.29, 1.82) is 0 Å². The first-order chi connectivity index (χ1) is 8.85. The summed E-state index contributed by atoms with van der Waals surface area (Å²) in [4.78, 5) is 3.06. The SMILES string of the molecule is CCCNC(COCC)c1cc2c(s1)CCSC2. The number of thioether (sulfide) groups is 1. The Balaban J connectivity index is 2.05. The van der Waals surface area contributed by atoms with Gasteiger partial charge in [-0.2, -0.15) is 11.8 Å². The van der Waals surface area contributed by atoms with Crippen molar-refractivity contribution in [3.8, 4) is 0 Å². The van der Waals surface area contributed by atoms with E-state index in [1.807, 2.05) is 11.3 Å². The van der Waals surface area contributed by atoms with Crippen LogP contribution in [0, 0.1) is 0 Å². The highest BCUT2D eigenvalue weighted by Gasteiger charge is 2.19. The number of rotatable bonds is 7. The molecule has 0 amide bonds. The number of fused-ring (bicyclic) bond motifs is 1. The molecule has 1 N–H and O–H groups in total. The first-order valence-corrected chi connectivity index (χ1v) is 8.82. The van der Waals surface area contributed by atoms with Crippen LogP contribution in [0.1, 0.15) is 41.6 Å². The van der Waals surface area contributed by atoms with Gasteiger partial charge in [-0.05, 0) is 43.7 Å². The van der Waals surface area contributed by atoms with Gasteiger partial charge in [0.1, 0.15) is 0 Å². The predicted molar refractivity (Wildman–Crippen MR) is 81.7 cm³/mol. The molecule has 0 aromatic carbocycles. The third-order valence-corrected chi connectivity index (χ3v) is 5.48.